The minimum atomic E-state index is -0.427. The highest BCUT2D eigenvalue weighted by Gasteiger charge is 2.49. The summed E-state index contributed by atoms with van der Waals surface area (Å²) in [6.07, 6.45) is 7.39. The summed E-state index contributed by atoms with van der Waals surface area (Å²) in [5.74, 6) is 0.230. The molecule has 0 aromatic heterocycles. The minimum Gasteiger partial charge on any atom is -0.307 e. The molecule has 2 aromatic carbocycles. The predicted octanol–water partition coefficient (Wildman–Crippen LogP) is 4.21. The van der Waals surface area contributed by atoms with E-state index in [-0.39, 0.29) is 5.91 Å². The summed E-state index contributed by atoms with van der Waals surface area (Å²) < 4.78 is 0. The molecule has 1 heterocycles. The van der Waals surface area contributed by atoms with Crippen LogP contribution in [0, 0.1) is 0 Å². The van der Waals surface area contributed by atoms with Crippen LogP contribution in [0.3, 0.4) is 0 Å². The molecule has 2 heteroatoms. The van der Waals surface area contributed by atoms with Gasteiger partial charge in [-0.3, -0.25) is 4.79 Å². The molecule has 0 saturated carbocycles. The summed E-state index contributed by atoms with van der Waals surface area (Å²) in [5, 5.41) is 0. The van der Waals surface area contributed by atoms with Gasteiger partial charge in [0, 0.05) is 5.69 Å². The molecule has 2 nitrogen and oxygen atoms in total. The fourth-order valence-electron chi connectivity index (χ4n) is 3.74. The van der Waals surface area contributed by atoms with E-state index in [1.807, 2.05) is 35.2 Å². The third kappa shape index (κ3) is 1.91. The molecule has 1 spiro atoms. The van der Waals surface area contributed by atoms with Gasteiger partial charge in [0.05, 0.1) is 12.0 Å². The smallest absolute Gasteiger partial charge is 0.241 e. The fourth-order valence-corrected chi connectivity index (χ4v) is 3.74. The zero-order valence-electron chi connectivity index (χ0n) is 12.5. The molecular weight excluding hydrogens is 270 g/mol. The van der Waals surface area contributed by atoms with E-state index < -0.39 is 5.41 Å². The van der Waals surface area contributed by atoms with Crippen LogP contribution < -0.4 is 4.90 Å². The summed E-state index contributed by atoms with van der Waals surface area (Å²) in [7, 11) is 0. The summed E-state index contributed by atoms with van der Waals surface area (Å²) in [6.45, 7) is 0.645. The molecule has 4 rings (SSSR count). The van der Waals surface area contributed by atoms with Gasteiger partial charge in [0.2, 0.25) is 5.91 Å². The van der Waals surface area contributed by atoms with Crippen molar-refractivity contribution in [2.24, 2.45) is 0 Å². The Hall–Kier alpha value is -2.35. The normalized spacial score (nSPS) is 23.1. The highest BCUT2D eigenvalue weighted by atomic mass is 16.2. The van der Waals surface area contributed by atoms with Crippen LogP contribution in [0.5, 0.6) is 0 Å². The summed E-state index contributed by atoms with van der Waals surface area (Å²) >= 11 is 0. The second kappa shape index (κ2) is 5.13. The number of hydrogen-bond acceptors (Lipinski definition) is 1. The highest BCUT2D eigenvalue weighted by molar-refractivity contribution is 6.09. The van der Waals surface area contributed by atoms with Crippen LogP contribution in [0.15, 0.2) is 66.7 Å². The Labute approximate surface area is 131 Å². The molecule has 22 heavy (non-hydrogen) atoms. The maximum Gasteiger partial charge on any atom is 0.241 e. The SMILES string of the molecule is O=C1N(Cc2ccccc2)c2ccccc2C12C=CCCC2. The van der Waals surface area contributed by atoms with Crippen molar-refractivity contribution in [3.63, 3.8) is 0 Å². The predicted molar refractivity (Wildman–Crippen MR) is 88.7 cm³/mol. The van der Waals surface area contributed by atoms with Crippen molar-refractivity contribution in [2.45, 2.75) is 31.2 Å². The molecule has 2 aliphatic rings. The quantitative estimate of drug-likeness (QED) is 0.758. The molecule has 0 saturated heterocycles. The number of carbonyl (C=O) groups excluding carboxylic acids is 1. The molecule has 0 fully saturated rings. The standard InChI is InChI=1S/C20H19NO/c22-19-20(13-7-2-8-14-20)17-11-5-6-12-18(17)21(19)15-16-9-3-1-4-10-16/h1,3-7,9-13H,2,8,14-15H2. The van der Waals surface area contributed by atoms with Crippen molar-refractivity contribution in [2.75, 3.05) is 4.90 Å². The molecule has 1 aliphatic heterocycles. The molecule has 2 aromatic rings. The fraction of sp³-hybridized carbons (Fsp3) is 0.250. The van der Waals surface area contributed by atoms with Crippen molar-refractivity contribution < 1.29 is 4.79 Å². The Morgan fingerprint density at radius 3 is 2.55 bits per heavy atom. The zero-order chi connectivity index (χ0) is 15.0. The van der Waals surface area contributed by atoms with Gasteiger partial charge in [-0.05, 0) is 36.5 Å². The average Bonchev–Trinajstić information content (AvgIpc) is 2.80. The molecule has 0 N–H and O–H groups in total. The van der Waals surface area contributed by atoms with Gasteiger partial charge >= 0.3 is 0 Å². The van der Waals surface area contributed by atoms with Crippen LogP contribution in [0.25, 0.3) is 0 Å². The number of para-hydroxylation sites is 1. The van der Waals surface area contributed by atoms with Crippen LogP contribution in [0.4, 0.5) is 5.69 Å². The van der Waals surface area contributed by atoms with E-state index in [1.165, 1.54) is 11.1 Å². The lowest BCUT2D eigenvalue weighted by Gasteiger charge is -2.28. The van der Waals surface area contributed by atoms with Crippen LogP contribution in [-0.2, 0) is 16.8 Å². The van der Waals surface area contributed by atoms with Gasteiger partial charge in [-0.15, -0.1) is 0 Å². The second-order valence-electron chi connectivity index (χ2n) is 6.16. The number of fused-ring (bicyclic) bond motifs is 2. The molecule has 110 valence electrons. The first-order valence-corrected chi connectivity index (χ1v) is 7.94. The van der Waals surface area contributed by atoms with Crippen molar-refractivity contribution in [3.05, 3.63) is 77.9 Å². The summed E-state index contributed by atoms with van der Waals surface area (Å²) in [5.41, 5.74) is 2.99. The number of allylic oxidation sites excluding steroid dienone is 1. The van der Waals surface area contributed by atoms with Crippen LogP contribution >= 0.6 is 0 Å². The Morgan fingerprint density at radius 1 is 1.00 bits per heavy atom. The number of benzene rings is 2. The Kier molecular flexibility index (Phi) is 3.11. The topological polar surface area (TPSA) is 20.3 Å². The molecule has 1 amide bonds. The van der Waals surface area contributed by atoms with Gasteiger partial charge in [-0.25, -0.2) is 0 Å². The van der Waals surface area contributed by atoms with E-state index in [0.29, 0.717) is 6.54 Å². The van der Waals surface area contributed by atoms with Crippen molar-refractivity contribution in [3.8, 4) is 0 Å². The number of carbonyl (C=O) groups is 1. The third-order valence-corrected chi connectivity index (χ3v) is 4.83. The lowest BCUT2D eigenvalue weighted by Crippen LogP contribution is -2.39. The molecule has 1 atom stereocenters. The maximum atomic E-state index is 13.2. The molecular formula is C20H19NO. The largest absolute Gasteiger partial charge is 0.307 e. The first kappa shape index (κ1) is 13.3. The van der Waals surface area contributed by atoms with E-state index in [2.05, 4.69) is 36.4 Å². The Balaban J connectivity index is 1.79. The number of hydrogen-bond donors (Lipinski definition) is 0. The lowest BCUT2D eigenvalue weighted by atomic mass is 9.74. The maximum absolute atomic E-state index is 13.2. The third-order valence-electron chi connectivity index (χ3n) is 4.83. The molecule has 1 aliphatic carbocycles. The van der Waals surface area contributed by atoms with Crippen molar-refractivity contribution >= 4 is 11.6 Å². The molecule has 1 unspecified atom stereocenters. The van der Waals surface area contributed by atoms with Gasteiger partial charge in [-0.1, -0.05) is 60.7 Å². The van der Waals surface area contributed by atoms with Gasteiger partial charge in [0.15, 0.2) is 0 Å². The minimum absolute atomic E-state index is 0.230. The van der Waals surface area contributed by atoms with Crippen molar-refractivity contribution in [1.29, 1.82) is 0 Å². The second-order valence-corrected chi connectivity index (χ2v) is 6.16. The van der Waals surface area contributed by atoms with E-state index >= 15 is 0 Å². The van der Waals surface area contributed by atoms with Crippen molar-refractivity contribution in [1.82, 2.24) is 0 Å². The lowest BCUT2D eigenvalue weighted by molar-refractivity contribution is -0.122. The van der Waals surface area contributed by atoms with Crippen LogP contribution in [0.2, 0.25) is 0 Å². The first-order chi connectivity index (χ1) is 10.8. The zero-order valence-corrected chi connectivity index (χ0v) is 12.5. The van der Waals surface area contributed by atoms with E-state index in [4.69, 9.17) is 0 Å². The first-order valence-electron chi connectivity index (χ1n) is 7.94. The summed E-state index contributed by atoms with van der Waals surface area (Å²) in [4.78, 5) is 15.2. The van der Waals surface area contributed by atoms with Crippen LogP contribution in [-0.4, -0.2) is 5.91 Å². The Morgan fingerprint density at radius 2 is 1.77 bits per heavy atom. The van der Waals surface area contributed by atoms with E-state index in [9.17, 15) is 4.79 Å². The summed E-state index contributed by atoms with van der Waals surface area (Å²) in [6, 6.07) is 18.5. The number of anilines is 1. The average molecular weight is 289 g/mol. The molecule has 0 bridgehead atoms. The number of nitrogens with zero attached hydrogens (tertiary/aromatic N) is 1. The van der Waals surface area contributed by atoms with Crippen LogP contribution in [0.1, 0.15) is 30.4 Å². The van der Waals surface area contributed by atoms with E-state index in [1.54, 1.807) is 0 Å². The Bertz CT molecular complexity index is 734. The van der Waals surface area contributed by atoms with Gasteiger partial charge in [0.25, 0.3) is 0 Å². The number of amides is 1. The highest BCUT2D eigenvalue weighted by Crippen LogP contribution is 2.47. The molecule has 0 radical (unpaired) electrons. The van der Waals surface area contributed by atoms with Gasteiger partial charge < -0.3 is 4.90 Å². The van der Waals surface area contributed by atoms with E-state index in [0.717, 1.165) is 24.9 Å². The number of rotatable bonds is 2. The van der Waals surface area contributed by atoms with Gasteiger partial charge in [0.1, 0.15) is 0 Å². The van der Waals surface area contributed by atoms with Gasteiger partial charge in [-0.2, -0.15) is 0 Å². The monoisotopic (exact) mass is 289 g/mol.